The SMILES string of the molecule is Cc1cc(C#Cc2ccc(N)cc2)cc(=O)o1. The Hall–Kier alpha value is -2.47. The maximum Gasteiger partial charge on any atom is 0.337 e. The van der Waals surface area contributed by atoms with E-state index in [-0.39, 0.29) is 5.63 Å². The van der Waals surface area contributed by atoms with Crippen LogP contribution < -0.4 is 11.4 Å². The molecular formula is C14H11NO2. The van der Waals surface area contributed by atoms with E-state index >= 15 is 0 Å². The second-order valence-electron chi connectivity index (χ2n) is 3.65. The van der Waals surface area contributed by atoms with E-state index in [0.29, 0.717) is 17.0 Å². The first-order chi connectivity index (χ1) is 8.13. The van der Waals surface area contributed by atoms with Crippen LogP contribution in [0.4, 0.5) is 5.69 Å². The van der Waals surface area contributed by atoms with Gasteiger partial charge >= 0.3 is 5.63 Å². The maximum absolute atomic E-state index is 11.1. The van der Waals surface area contributed by atoms with Gasteiger partial charge in [0.15, 0.2) is 0 Å². The predicted molar refractivity (Wildman–Crippen MR) is 66.5 cm³/mol. The van der Waals surface area contributed by atoms with Crippen molar-refractivity contribution < 1.29 is 4.42 Å². The summed E-state index contributed by atoms with van der Waals surface area (Å²) >= 11 is 0. The molecule has 0 atom stereocenters. The molecule has 0 radical (unpaired) electrons. The fraction of sp³-hybridized carbons (Fsp3) is 0.0714. The Morgan fingerprint density at radius 3 is 2.35 bits per heavy atom. The molecule has 0 spiro atoms. The van der Waals surface area contributed by atoms with Crippen molar-refractivity contribution in [3.8, 4) is 11.8 Å². The molecule has 84 valence electrons. The van der Waals surface area contributed by atoms with E-state index < -0.39 is 0 Å². The van der Waals surface area contributed by atoms with E-state index in [1.807, 2.05) is 12.1 Å². The number of nitrogen functional groups attached to an aromatic ring is 1. The zero-order valence-electron chi connectivity index (χ0n) is 9.36. The number of aryl methyl sites for hydroxylation is 1. The van der Waals surface area contributed by atoms with Gasteiger partial charge < -0.3 is 10.2 Å². The van der Waals surface area contributed by atoms with Crippen LogP contribution in [0.25, 0.3) is 0 Å². The van der Waals surface area contributed by atoms with Gasteiger partial charge in [0.2, 0.25) is 0 Å². The first-order valence-electron chi connectivity index (χ1n) is 5.13. The van der Waals surface area contributed by atoms with Gasteiger partial charge in [0.25, 0.3) is 0 Å². The smallest absolute Gasteiger partial charge is 0.337 e. The number of nitrogens with two attached hydrogens (primary N) is 1. The molecule has 0 aliphatic heterocycles. The summed E-state index contributed by atoms with van der Waals surface area (Å²) in [7, 11) is 0. The summed E-state index contributed by atoms with van der Waals surface area (Å²) in [5.41, 5.74) is 7.39. The lowest BCUT2D eigenvalue weighted by Crippen LogP contribution is -1.98. The summed E-state index contributed by atoms with van der Waals surface area (Å²) in [6, 6.07) is 10.3. The van der Waals surface area contributed by atoms with Crippen molar-refractivity contribution in [1.82, 2.24) is 0 Å². The van der Waals surface area contributed by atoms with Crippen LogP contribution >= 0.6 is 0 Å². The molecule has 2 rings (SSSR count). The van der Waals surface area contributed by atoms with Crippen molar-refractivity contribution in [3.63, 3.8) is 0 Å². The molecule has 0 amide bonds. The Kier molecular flexibility index (Phi) is 2.97. The number of benzene rings is 1. The number of rotatable bonds is 0. The first-order valence-corrected chi connectivity index (χ1v) is 5.13. The largest absolute Gasteiger partial charge is 0.428 e. The Morgan fingerprint density at radius 2 is 1.71 bits per heavy atom. The van der Waals surface area contributed by atoms with Crippen LogP contribution in [0.3, 0.4) is 0 Å². The van der Waals surface area contributed by atoms with Crippen molar-refractivity contribution >= 4 is 5.69 Å². The fourth-order valence-electron chi connectivity index (χ4n) is 1.39. The lowest BCUT2D eigenvalue weighted by molar-refractivity contribution is 0.479. The highest BCUT2D eigenvalue weighted by molar-refractivity contribution is 5.47. The number of anilines is 1. The van der Waals surface area contributed by atoms with Crippen LogP contribution in [0, 0.1) is 18.8 Å². The monoisotopic (exact) mass is 225 g/mol. The van der Waals surface area contributed by atoms with Gasteiger partial charge in [-0.25, -0.2) is 4.79 Å². The Morgan fingerprint density at radius 1 is 1.06 bits per heavy atom. The molecule has 3 heteroatoms. The second-order valence-corrected chi connectivity index (χ2v) is 3.65. The van der Waals surface area contributed by atoms with Crippen LogP contribution in [0.15, 0.2) is 45.6 Å². The Bertz CT molecular complexity index is 642. The minimum atomic E-state index is -0.383. The zero-order valence-corrected chi connectivity index (χ0v) is 9.36. The van der Waals surface area contributed by atoms with E-state index in [1.165, 1.54) is 6.07 Å². The van der Waals surface area contributed by atoms with Crippen molar-refractivity contribution in [1.29, 1.82) is 0 Å². The Balaban J connectivity index is 2.32. The summed E-state index contributed by atoms with van der Waals surface area (Å²) in [6.07, 6.45) is 0. The van der Waals surface area contributed by atoms with E-state index in [0.717, 1.165) is 5.56 Å². The minimum Gasteiger partial charge on any atom is -0.428 e. The third kappa shape index (κ3) is 2.99. The van der Waals surface area contributed by atoms with Crippen LogP contribution in [0.1, 0.15) is 16.9 Å². The van der Waals surface area contributed by atoms with Crippen LogP contribution in [-0.2, 0) is 0 Å². The second kappa shape index (κ2) is 4.58. The maximum atomic E-state index is 11.1. The zero-order chi connectivity index (χ0) is 12.3. The molecule has 0 fully saturated rings. The number of hydrogen-bond donors (Lipinski definition) is 1. The molecule has 17 heavy (non-hydrogen) atoms. The van der Waals surface area contributed by atoms with E-state index in [2.05, 4.69) is 11.8 Å². The van der Waals surface area contributed by atoms with Gasteiger partial charge in [-0.3, -0.25) is 0 Å². The van der Waals surface area contributed by atoms with Gasteiger partial charge in [-0.2, -0.15) is 0 Å². The standard InChI is InChI=1S/C14H11NO2/c1-10-8-12(9-14(16)17-10)3-2-11-4-6-13(15)7-5-11/h4-9H,15H2,1H3. The average Bonchev–Trinajstić information content (AvgIpc) is 2.27. The minimum absolute atomic E-state index is 0.383. The molecule has 0 saturated carbocycles. The lowest BCUT2D eigenvalue weighted by atomic mass is 10.2. The molecule has 3 nitrogen and oxygen atoms in total. The molecule has 0 saturated heterocycles. The van der Waals surface area contributed by atoms with Crippen molar-refractivity contribution in [2.24, 2.45) is 0 Å². The molecule has 1 heterocycles. The van der Waals surface area contributed by atoms with Gasteiger partial charge in [0.05, 0.1) is 0 Å². The van der Waals surface area contributed by atoms with E-state index in [9.17, 15) is 4.79 Å². The summed E-state index contributed by atoms with van der Waals surface area (Å²) in [5, 5.41) is 0. The van der Waals surface area contributed by atoms with Gasteiger partial charge in [0.1, 0.15) is 5.76 Å². The molecule has 0 unspecified atom stereocenters. The quantitative estimate of drug-likeness (QED) is 0.550. The lowest BCUT2D eigenvalue weighted by Gasteiger charge is -1.93. The number of hydrogen-bond acceptors (Lipinski definition) is 3. The highest BCUT2D eigenvalue weighted by Crippen LogP contribution is 2.04. The van der Waals surface area contributed by atoms with Gasteiger partial charge in [-0.15, -0.1) is 0 Å². The normalized spacial score (nSPS) is 9.47. The van der Waals surface area contributed by atoms with Gasteiger partial charge in [-0.05, 0) is 37.3 Å². The first kappa shape index (κ1) is 11.0. The highest BCUT2D eigenvalue weighted by atomic mass is 16.4. The van der Waals surface area contributed by atoms with Crippen molar-refractivity contribution in [2.75, 3.05) is 5.73 Å². The molecule has 2 aromatic rings. The van der Waals surface area contributed by atoms with Gasteiger partial charge in [-0.1, -0.05) is 11.8 Å². The summed E-state index contributed by atoms with van der Waals surface area (Å²) in [6.45, 7) is 1.72. The average molecular weight is 225 g/mol. The summed E-state index contributed by atoms with van der Waals surface area (Å²) < 4.78 is 4.85. The predicted octanol–water partition coefficient (Wildman–Crippen LogP) is 1.93. The molecule has 0 aliphatic rings. The molecular weight excluding hydrogens is 214 g/mol. The van der Waals surface area contributed by atoms with Crippen molar-refractivity contribution in [3.05, 3.63) is 63.7 Å². The van der Waals surface area contributed by atoms with Crippen LogP contribution in [0.5, 0.6) is 0 Å². The van der Waals surface area contributed by atoms with E-state index in [1.54, 1.807) is 25.1 Å². The Labute approximate surface area is 98.9 Å². The summed E-state index contributed by atoms with van der Waals surface area (Å²) in [5.74, 6) is 6.42. The summed E-state index contributed by atoms with van der Waals surface area (Å²) in [4.78, 5) is 11.1. The fourth-order valence-corrected chi connectivity index (χ4v) is 1.39. The molecule has 1 aromatic carbocycles. The van der Waals surface area contributed by atoms with Crippen LogP contribution in [-0.4, -0.2) is 0 Å². The molecule has 1 aromatic heterocycles. The van der Waals surface area contributed by atoms with Crippen molar-refractivity contribution in [2.45, 2.75) is 6.92 Å². The topological polar surface area (TPSA) is 56.2 Å². The third-order valence-electron chi connectivity index (χ3n) is 2.16. The molecule has 2 N–H and O–H groups in total. The van der Waals surface area contributed by atoms with E-state index in [4.69, 9.17) is 10.2 Å². The van der Waals surface area contributed by atoms with Gasteiger partial charge in [0, 0.05) is 22.9 Å². The molecule has 0 bridgehead atoms. The van der Waals surface area contributed by atoms with Crippen LogP contribution in [0.2, 0.25) is 0 Å². The molecule has 0 aliphatic carbocycles. The highest BCUT2D eigenvalue weighted by Gasteiger charge is 1.94. The third-order valence-corrected chi connectivity index (χ3v) is 2.16.